The third-order valence-corrected chi connectivity index (χ3v) is 5.70. The Morgan fingerprint density at radius 3 is 2.32 bits per heavy atom. The second kappa shape index (κ2) is 7.57. The molecule has 2 rings (SSSR count). The van der Waals surface area contributed by atoms with Crippen LogP contribution < -0.4 is 4.72 Å². The van der Waals surface area contributed by atoms with E-state index in [2.05, 4.69) is 23.5 Å². The lowest BCUT2D eigenvalue weighted by atomic mass is 9.92. The van der Waals surface area contributed by atoms with Gasteiger partial charge in [0.2, 0.25) is 10.0 Å². The highest BCUT2D eigenvalue weighted by molar-refractivity contribution is 7.89. The third-order valence-electron chi connectivity index (χ3n) is 4.22. The van der Waals surface area contributed by atoms with Crippen LogP contribution in [-0.2, 0) is 10.0 Å². The van der Waals surface area contributed by atoms with Crippen LogP contribution >= 0.6 is 0 Å². The molecule has 0 radical (unpaired) electrons. The van der Waals surface area contributed by atoms with Crippen LogP contribution in [0.5, 0.6) is 0 Å². The zero-order valence-electron chi connectivity index (χ0n) is 13.9. The van der Waals surface area contributed by atoms with Gasteiger partial charge in [0.1, 0.15) is 0 Å². The monoisotopic (exact) mass is 324 g/mol. The van der Waals surface area contributed by atoms with Crippen molar-refractivity contribution in [3.05, 3.63) is 29.8 Å². The van der Waals surface area contributed by atoms with Crippen LogP contribution in [0.1, 0.15) is 32.3 Å². The molecule has 4 nitrogen and oxygen atoms in total. The van der Waals surface area contributed by atoms with Gasteiger partial charge in [0.15, 0.2) is 0 Å². The summed E-state index contributed by atoms with van der Waals surface area (Å²) in [7, 11) is -3.37. The van der Waals surface area contributed by atoms with E-state index in [0.29, 0.717) is 11.4 Å². The van der Waals surface area contributed by atoms with Crippen molar-refractivity contribution >= 4 is 10.0 Å². The first-order valence-electron chi connectivity index (χ1n) is 8.15. The first-order chi connectivity index (χ1) is 10.4. The first-order valence-corrected chi connectivity index (χ1v) is 9.64. The van der Waals surface area contributed by atoms with Gasteiger partial charge in [0.25, 0.3) is 0 Å². The fourth-order valence-corrected chi connectivity index (χ4v) is 4.36. The molecule has 0 saturated carbocycles. The molecule has 0 bridgehead atoms. The standard InChI is InChI=1S/C17H28N2O2S/c1-14-5-7-17(8-6-14)22(20,21)18-9-4-10-19-12-15(2)11-16(3)13-19/h5-8,15-16,18H,4,9-13H2,1-3H3/t15-,16+. The van der Waals surface area contributed by atoms with Crippen molar-refractivity contribution < 1.29 is 8.42 Å². The number of likely N-dealkylation sites (tertiary alicyclic amines) is 1. The van der Waals surface area contributed by atoms with Crippen LogP contribution in [0, 0.1) is 18.8 Å². The van der Waals surface area contributed by atoms with E-state index in [1.165, 1.54) is 6.42 Å². The van der Waals surface area contributed by atoms with Crippen molar-refractivity contribution in [3.63, 3.8) is 0 Å². The number of benzene rings is 1. The number of sulfonamides is 1. The van der Waals surface area contributed by atoms with E-state index >= 15 is 0 Å². The van der Waals surface area contributed by atoms with E-state index in [0.717, 1.165) is 43.5 Å². The summed E-state index contributed by atoms with van der Waals surface area (Å²) in [6.07, 6.45) is 2.15. The van der Waals surface area contributed by atoms with E-state index < -0.39 is 10.0 Å². The Bertz CT molecular complexity index is 559. The molecule has 0 unspecified atom stereocenters. The Morgan fingerprint density at radius 1 is 1.14 bits per heavy atom. The average Bonchev–Trinajstić information content (AvgIpc) is 2.43. The maximum absolute atomic E-state index is 12.2. The van der Waals surface area contributed by atoms with Crippen molar-refractivity contribution in [1.82, 2.24) is 9.62 Å². The topological polar surface area (TPSA) is 49.4 Å². The van der Waals surface area contributed by atoms with Crippen LogP contribution in [0.15, 0.2) is 29.2 Å². The molecule has 0 aliphatic carbocycles. The summed E-state index contributed by atoms with van der Waals surface area (Å²) >= 11 is 0. The second-order valence-corrected chi connectivity index (χ2v) is 8.54. The Morgan fingerprint density at radius 2 is 1.73 bits per heavy atom. The zero-order chi connectivity index (χ0) is 16.2. The van der Waals surface area contributed by atoms with E-state index in [4.69, 9.17) is 0 Å². The van der Waals surface area contributed by atoms with Gasteiger partial charge in [0, 0.05) is 19.6 Å². The van der Waals surface area contributed by atoms with Crippen molar-refractivity contribution in [3.8, 4) is 0 Å². The number of hydrogen-bond donors (Lipinski definition) is 1. The number of rotatable bonds is 6. The van der Waals surface area contributed by atoms with E-state index in [-0.39, 0.29) is 0 Å². The lowest BCUT2D eigenvalue weighted by Crippen LogP contribution is -2.40. The predicted molar refractivity (Wildman–Crippen MR) is 90.4 cm³/mol. The predicted octanol–water partition coefficient (Wildman–Crippen LogP) is 2.64. The van der Waals surface area contributed by atoms with E-state index in [1.54, 1.807) is 12.1 Å². The molecule has 1 fully saturated rings. The van der Waals surface area contributed by atoms with Crippen molar-refractivity contribution in [2.75, 3.05) is 26.2 Å². The van der Waals surface area contributed by atoms with E-state index in [9.17, 15) is 8.42 Å². The minimum absolute atomic E-state index is 0.346. The molecule has 22 heavy (non-hydrogen) atoms. The lowest BCUT2D eigenvalue weighted by Gasteiger charge is -2.34. The fourth-order valence-electron chi connectivity index (χ4n) is 3.28. The number of nitrogens with one attached hydrogen (secondary N) is 1. The fraction of sp³-hybridized carbons (Fsp3) is 0.647. The van der Waals surface area contributed by atoms with Gasteiger partial charge >= 0.3 is 0 Å². The van der Waals surface area contributed by atoms with Crippen molar-refractivity contribution in [2.24, 2.45) is 11.8 Å². The summed E-state index contributed by atoms with van der Waals surface area (Å²) < 4.78 is 27.1. The molecule has 1 aliphatic rings. The number of nitrogens with zero attached hydrogens (tertiary/aromatic N) is 1. The van der Waals surface area contributed by atoms with Crippen LogP contribution in [0.4, 0.5) is 0 Å². The molecule has 0 aromatic heterocycles. The van der Waals surface area contributed by atoms with Crippen LogP contribution in [0.3, 0.4) is 0 Å². The van der Waals surface area contributed by atoms with Gasteiger partial charge in [-0.15, -0.1) is 0 Å². The second-order valence-electron chi connectivity index (χ2n) is 6.77. The summed E-state index contributed by atoms with van der Waals surface area (Å²) in [6.45, 7) is 10.3. The highest BCUT2D eigenvalue weighted by Crippen LogP contribution is 2.20. The minimum Gasteiger partial charge on any atom is -0.303 e. The highest BCUT2D eigenvalue weighted by Gasteiger charge is 2.21. The Labute approximate surface area is 135 Å². The molecule has 1 saturated heterocycles. The van der Waals surface area contributed by atoms with Crippen LogP contribution in [0.25, 0.3) is 0 Å². The summed E-state index contributed by atoms with van der Waals surface area (Å²) in [5.74, 6) is 1.49. The van der Waals surface area contributed by atoms with Gasteiger partial charge in [-0.1, -0.05) is 31.5 Å². The molecule has 1 aliphatic heterocycles. The molecule has 1 aromatic carbocycles. The Hall–Kier alpha value is -0.910. The molecular weight excluding hydrogens is 296 g/mol. The quantitative estimate of drug-likeness (QED) is 0.819. The number of hydrogen-bond acceptors (Lipinski definition) is 3. The van der Waals surface area contributed by atoms with Gasteiger partial charge in [-0.3, -0.25) is 0 Å². The lowest BCUT2D eigenvalue weighted by molar-refractivity contribution is 0.140. The number of piperidine rings is 1. The molecule has 1 N–H and O–H groups in total. The van der Waals surface area contributed by atoms with Gasteiger partial charge in [-0.25, -0.2) is 13.1 Å². The van der Waals surface area contributed by atoms with E-state index in [1.807, 2.05) is 19.1 Å². The Kier molecular flexibility index (Phi) is 6.01. The average molecular weight is 324 g/mol. The SMILES string of the molecule is Cc1ccc(S(=O)(=O)NCCCN2C[C@H](C)C[C@H](C)C2)cc1. The molecule has 124 valence electrons. The summed E-state index contributed by atoms with van der Waals surface area (Å²) in [6, 6.07) is 6.97. The maximum atomic E-state index is 12.2. The number of aryl methyl sites for hydroxylation is 1. The first kappa shape index (κ1) is 17.4. The van der Waals surface area contributed by atoms with Gasteiger partial charge in [-0.2, -0.15) is 0 Å². The third kappa shape index (κ3) is 5.07. The summed E-state index contributed by atoms with van der Waals surface area (Å²) in [4.78, 5) is 2.80. The van der Waals surface area contributed by atoms with Crippen LogP contribution in [0.2, 0.25) is 0 Å². The smallest absolute Gasteiger partial charge is 0.240 e. The molecule has 2 atom stereocenters. The molecular formula is C17H28N2O2S. The van der Waals surface area contributed by atoms with Crippen LogP contribution in [-0.4, -0.2) is 39.5 Å². The van der Waals surface area contributed by atoms with Gasteiger partial charge in [-0.05, 0) is 50.3 Å². The minimum atomic E-state index is -3.37. The summed E-state index contributed by atoms with van der Waals surface area (Å²) in [5.41, 5.74) is 1.06. The maximum Gasteiger partial charge on any atom is 0.240 e. The largest absolute Gasteiger partial charge is 0.303 e. The summed E-state index contributed by atoms with van der Waals surface area (Å²) in [5, 5.41) is 0. The Balaban J connectivity index is 1.77. The highest BCUT2D eigenvalue weighted by atomic mass is 32.2. The van der Waals surface area contributed by atoms with Gasteiger partial charge < -0.3 is 4.90 Å². The molecule has 0 amide bonds. The molecule has 1 heterocycles. The molecule has 0 spiro atoms. The molecule has 5 heteroatoms. The normalized spacial score (nSPS) is 23.6. The van der Waals surface area contributed by atoms with Crippen molar-refractivity contribution in [2.45, 2.75) is 38.5 Å². The van der Waals surface area contributed by atoms with Gasteiger partial charge in [0.05, 0.1) is 4.90 Å². The zero-order valence-corrected chi connectivity index (χ0v) is 14.7. The molecule has 1 aromatic rings. The van der Waals surface area contributed by atoms with Crippen molar-refractivity contribution in [1.29, 1.82) is 0 Å².